The van der Waals surface area contributed by atoms with Gasteiger partial charge in [0.25, 0.3) is 0 Å². The van der Waals surface area contributed by atoms with E-state index in [-0.39, 0.29) is 5.97 Å². The van der Waals surface area contributed by atoms with E-state index in [1.165, 1.54) is 20.0 Å². The fourth-order valence-electron chi connectivity index (χ4n) is 2.50. The predicted octanol–water partition coefficient (Wildman–Crippen LogP) is 3.87. The van der Waals surface area contributed by atoms with Crippen molar-refractivity contribution >= 4 is 5.97 Å². The number of carbonyl (C=O) groups excluding carboxylic acids is 1. The first-order valence-electron chi connectivity index (χ1n) is 7.59. The third-order valence-corrected chi connectivity index (χ3v) is 3.91. The first kappa shape index (κ1) is 16.2. The highest BCUT2D eigenvalue weighted by atomic mass is 16.5. The zero-order valence-electron chi connectivity index (χ0n) is 12.6. The van der Waals surface area contributed by atoms with Crippen LogP contribution in [0.3, 0.4) is 0 Å². The average Bonchev–Trinajstić information content (AvgIpc) is 2.89. The minimum absolute atomic E-state index is 0.136. The lowest BCUT2D eigenvalue weighted by Gasteiger charge is -2.13. The number of ether oxygens (including phenoxy) is 2. The summed E-state index contributed by atoms with van der Waals surface area (Å²) in [7, 11) is 1.46. The molecule has 0 fully saturated rings. The molecule has 0 spiro atoms. The normalized spacial score (nSPS) is 20.2. The van der Waals surface area contributed by atoms with Crippen molar-refractivity contribution in [1.82, 2.24) is 0 Å². The predicted molar refractivity (Wildman–Crippen MR) is 77.0 cm³/mol. The van der Waals surface area contributed by atoms with E-state index in [0.717, 1.165) is 44.3 Å². The lowest BCUT2D eigenvalue weighted by atomic mass is 9.95. The number of methoxy groups -OCH3 is 1. The van der Waals surface area contributed by atoms with Crippen LogP contribution in [0.15, 0.2) is 11.6 Å². The van der Waals surface area contributed by atoms with Crippen LogP contribution in [0.1, 0.15) is 58.8 Å². The zero-order chi connectivity index (χ0) is 14.1. The zero-order valence-corrected chi connectivity index (χ0v) is 12.6. The van der Waals surface area contributed by atoms with Gasteiger partial charge in [-0.3, -0.25) is 0 Å². The Kier molecular flexibility index (Phi) is 7.80. The van der Waals surface area contributed by atoms with Crippen molar-refractivity contribution in [3.05, 3.63) is 11.6 Å². The molecule has 110 valence electrons. The van der Waals surface area contributed by atoms with E-state index < -0.39 is 0 Å². The van der Waals surface area contributed by atoms with Crippen molar-refractivity contribution in [1.29, 1.82) is 0 Å². The molecule has 0 aliphatic heterocycles. The molecule has 1 aliphatic rings. The number of allylic oxidation sites excluding steroid dienone is 1. The molecule has 0 aromatic rings. The molecule has 0 saturated carbocycles. The van der Waals surface area contributed by atoms with Crippen LogP contribution in [-0.2, 0) is 14.3 Å². The molecule has 0 radical (unpaired) electrons. The van der Waals surface area contributed by atoms with Crippen LogP contribution >= 0.6 is 0 Å². The van der Waals surface area contributed by atoms with Crippen LogP contribution in [0.25, 0.3) is 0 Å². The van der Waals surface area contributed by atoms with Crippen molar-refractivity contribution in [2.24, 2.45) is 5.92 Å². The van der Waals surface area contributed by atoms with E-state index in [2.05, 4.69) is 13.8 Å². The molecule has 0 aromatic carbocycles. The number of unbranched alkanes of at least 4 members (excludes halogenated alkanes) is 2. The molecule has 0 heterocycles. The fraction of sp³-hybridized carbons (Fsp3) is 0.812. The Morgan fingerprint density at radius 1 is 1.42 bits per heavy atom. The maximum absolute atomic E-state index is 11.6. The van der Waals surface area contributed by atoms with Gasteiger partial charge in [-0.25, -0.2) is 4.79 Å². The van der Waals surface area contributed by atoms with Gasteiger partial charge in [-0.1, -0.05) is 25.8 Å². The highest BCUT2D eigenvalue weighted by Crippen LogP contribution is 2.31. The second-order valence-corrected chi connectivity index (χ2v) is 5.36. The summed E-state index contributed by atoms with van der Waals surface area (Å²) >= 11 is 0. The van der Waals surface area contributed by atoms with Crippen LogP contribution in [0.5, 0.6) is 0 Å². The summed E-state index contributed by atoms with van der Waals surface area (Å²) in [5, 5.41) is 0. The summed E-state index contributed by atoms with van der Waals surface area (Å²) in [4.78, 5) is 11.6. The van der Waals surface area contributed by atoms with E-state index in [1.807, 2.05) is 6.08 Å². The highest BCUT2D eigenvalue weighted by molar-refractivity contribution is 5.89. The first-order valence-corrected chi connectivity index (χ1v) is 7.59. The number of esters is 1. The SMILES string of the molecule is CCC(C)OCCCCCC1CCC=C1C(=O)OC. The second-order valence-electron chi connectivity index (χ2n) is 5.36. The Labute approximate surface area is 117 Å². The summed E-state index contributed by atoms with van der Waals surface area (Å²) in [6, 6.07) is 0. The smallest absolute Gasteiger partial charge is 0.333 e. The van der Waals surface area contributed by atoms with E-state index in [0.29, 0.717) is 12.0 Å². The van der Waals surface area contributed by atoms with Crippen LogP contribution < -0.4 is 0 Å². The minimum atomic E-state index is -0.136. The second kappa shape index (κ2) is 9.13. The summed E-state index contributed by atoms with van der Waals surface area (Å²) in [5.74, 6) is 0.283. The van der Waals surface area contributed by atoms with Gasteiger partial charge in [0.2, 0.25) is 0 Å². The van der Waals surface area contributed by atoms with Crippen molar-refractivity contribution < 1.29 is 14.3 Å². The molecule has 19 heavy (non-hydrogen) atoms. The lowest BCUT2D eigenvalue weighted by molar-refractivity contribution is -0.136. The molecule has 1 rings (SSSR count). The van der Waals surface area contributed by atoms with E-state index in [1.54, 1.807) is 0 Å². The molecule has 0 amide bonds. The van der Waals surface area contributed by atoms with Crippen LogP contribution in [0.2, 0.25) is 0 Å². The van der Waals surface area contributed by atoms with E-state index in [9.17, 15) is 4.79 Å². The van der Waals surface area contributed by atoms with Gasteiger partial charge in [0, 0.05) is 12.2 Å². The largest absolute Gasteiger partial charge is 0.466 e. The maximum Gasteiger partial charge on any atom is 0.333 e. The molecule has 0 N–H and O–H groups in total. The molecule has 3 nitrogen and oxygen atoms in total. The maximum atomic E-state index is 11.6. The molecule has 2 unspecified atom stereocenters. The summed E-state index contributed by atoms with van der Waals surface area (Å²) in [6.45, 7) is 5.12. The standard InChI is InChI=1S/C16H28O3/c1-4-13(2)19-12-7-5-6-9-14-10-8-11-15(14)16(17)18-3/h11,13-14H,4-10,12H2,1-3H3. The van der Waals surface area contributed by atoms with E-state index in [4.69, 9.17) is 9.47 Å². The number of hydrogen-bond acceptors (Lipinski definition) is 3. The van der Waals surface area contributed by atoms with Gasteiger partial charge in [0.1, 0.15) is 0 Å². The third-order valence-electron chi connectivity index (χ3n) is 3.91. The Bertz CT molecular complexity index is 296. The molecular weight excluding hydrogens is 240 g/mol. The quantitative estimate of drug-likeness (QED) is 0.470. The summed E-state index contributed by atoms with van der Waals surface area (Å²) in [5.41, 5.74) is 0.901. The van der Waals surface area contributed by atoms with E-state index >= 15 is 0 Å². The lowest BCUT2D eigenvalue weighted by Crippen LogP contribution is -2.11. The van der Waals surface area contributed by atoms with Gasteiger partial charge in [0.15, 0.2) is 0 Å². The summed E-state index contributed by atoms with van der Waals surface area (Å²) < 4.78 is 10.5. The number of rotatable bonds is 9. The Morgan fingerprint density at radius 3 is 2.89 bits per heavy atom. The summed E-state index contributed by atoms with van der Waals surface area (Å²) in [6.07, 6.45) is 10.2. The Morgan fingerprint density at radius 2 is 2.21 bits per heavy atom. The van der Waals surface area contributed by atoms with Crippen molar-refractivity contribution in [2.45, 2.75) is 64.9 Å². The number of hydrogen-bond donors (Lipinski definition) is 0. The van der Waals surface area contributed by atoms with Gasteiger partial charge >= 0.3 is 5.97 Å². The average molecular weight is 268 g/mol. The monoisotopic (exact) mass is 268 g/mol. The molecular formula is C16H28O3. The van der Waals surface area contributed by atoms with Gasteiger partial charge < -0.3 is 9.47 Å². The molecule has 2 atom stereocenters. The Hall–Kier alpha value is -0.830. The van der Waals surface area contributed by atoms with Crippen LogP contribution in [-0.4, -0.2) is 25.8 Å². The molecule has 0 aromatic heterocycles. The highest BCUT2D eigenvalue weighted by Gasteiger charge is 2.24. The van der Waals surface area contributed by atoms with Gasteiger partial charge in [-0.15, -0.1) is 0 Å². The van der Waals surface area contributed by atoms with Gasteiger partial charge in [-0.05, 0) is 44.9 Å². The first-order chi connectivity index (χ1) is 9.19. The van der Waals surface area contributed by atoms with Crippen molar-refractivity contribution in [2.75, 3.05) is 13.7 Å². The minimum Gasteiger partial charge on any atom is -0.466 e. The van der Waals surface area contributed by atoms with Crippen molar-refractivity contribution in [3.63, 3.8) is 0 Å². The molecule has 3 heteroatoms. The Balaban J connectivity index is 2.10. The topological polar surface area (TPSA) is 35.5 Å². The number of carbonyl (C=O) groups is 1. The van der Waals surface area contributed by atoms with Gasteiger partial charge in [0.05, 0.1) is 13.2 Å². The molecule has 1 aliphatic carbocycles. The third kappa shape index (κ3) is 5.77. The van der Waals surface area contributed by atoms with Crippen molar-refractivity contribution in [3.8, 4) is 0 Å². The fourth-order valence-corrected chi connectivity index (χ4v) is 2.50. The molecule has 0 bridgehead atoms. The van der Waals surface area contributed by atoms with Crippen LogP contribution in [0, 0.1) is 5.92 Å². The molecule has 0 saturated heterocycles. The van der Waals surface area contributed by atoms with Gasteiger partial charge in [-0.2, -0.15) is 0 Å². The van der Waals surface area contributed by atoms with Crippen LogP contribution in [0.4, 0.5) is 0 Å².